The summed E-state index contributed by atoms with van der Waals surface area (Å²) in [5, 5.41) is 0. The van der Waals surface area contributed by atoms with E-state index in [2.05, 4.69) is 0 Å². The molecule has 5 heteroatoms. The predicted octanol–water partition coefficient (Wildman–Crippen LogP) is 3.07. The fraction of sp³-hybridized carbons (Fsp3) is 0.579. The molecule has 5 nitrogen and oxygen atoms in total. The minimum atomic E-state index is -0.496. The fourth-order valence-corrected chi connectivity index (χ4v) is 3.09. The Balaban J connectivity index is 2.08. The highest BCUT2D eigenvalue weighted by Gasteiger charge is 2.32. The van der Waals surface area contributed by atoms with Gasteiger partial charge in [0.05, 0.1) is 18.8 Å². The first-order valence-corrected chi connectivity index (χ1v) is 8.64. The summed E-state index contributed by atoms with van der Waals surface area (Å²) in [4.78, 5) is 27.1. The van der Waals surface area contributed by atoms with Gasteiger partial charge >= 0.3 is 0 Å². The smallest absolute Gasteiger partial charge is 0.295 e. The molecule has 1 amide bonds. The average molecular weight is 333 g/mol. The molecule has 1 aliphatic rings. The van der Waals surface area contributed by atoms with Gasteiger partial charge in [-0.15, -0.1) is 0 Å². The number of carbonyl (C=O) groups is 2. The topological polar surface area (TPSA) is 55.8 Å². The number of hydrogen-bond acceptors (Lipinski definition) is 4. The van der Waals surface area contributed by atoms with Crippen LogP contribution in [-0.4, -0.2) is 49.0 Å². The predicted molar refractivity (Wildman–Crippen MR) is 92.4 cm³/mol. The molecule has 1 aromatic rings. The quantitative estimate of drug-likeness (QED) is 0.568. The summed E-state index contributed by atoms with van der Waals surface area (Å²) in [7, 11) is 1.50. The van der Waals surface area contributed by atoms with E-state index in [0.29, 0.717) is 24.5 Å². The molecule has 2 rings (SSSR count). The van der Waals surface area contributed by atoms with Gasteiger partial charge in [-0.2, -0.15) is 0 Å². The highest BCUT2D eigenvalue weighted by Crippen LogP contribution is 2.23. The molecular formula is C19H27NO4. The summed E-state index contributed by atoms with van der Waals surface area (Å²) in [6.07, 6.45) is 3.88. The first-order valence-electron chi connectivity index (χ1n) is 8.64. The molecule has 1 atom stereocenters. The number of carbonyl (C=O) groups excluding carboxylic acids is 2. The Hall–Kier alpha value is -1.88. The van der Waals surface area contributed by atoms with Crippen molar-refractivity contribution >= 4 is 11.7 Å². The molecule has 1 saturated heterocycles. The third kappa shape index (κ3) is 4.57. The summed E-state index contributed by atoms with van der Waals surface area (Å²) in [5.74, 6) is -0.495. The molecule has 0 saturated carbocycles. The van der Waals surface area contributed by atoms with Gasteiger partial charge in [0.25, 0.3) is 11.7 Å². The second-order valence-corrected chi connectivity index (χ2v) is 6.39. The van der Waals surface area contributed by atoms with Crippen molar-refractivity contribution in [3.05, 3.63) is 29.8 Å². The maximum atomic E-state index is 12.8. The molecule has 24 heavy (non-hydrogen) atoms. The first kappa shape index (κ1) is 18.5. The Morgan fingerprint density at radius 2 is 2.00 bits per heavy atom. The summed E-state index contributed by atoms with van der Waals surface area (Å²) >= 11 is 0. The summed E-state index contributed by atoms with van der Waals surface area (Å²) in [6, 6.07) is 6.94. The van der Waals surface area contributed by atoms with E-state index in [1.165, 1.54) is 7.11 Å². The zero-order valence-corrected chi connectivity index (χ0v) is 14.8. The molecular weight excluding hydrogens is 306 g/mol. The van der Waals surface area contributed by atoms with Gasteiger partial charge in [-0.25, -0.2) is 0 Å². The second kappa shape index (κ2) is 8.83. The number of piperidine rings is 1. The number of benzene rings is 1. The van der Waals surface area contributed by atoms with Gasteiger partial charge in [0.1, 0.15) is 5.75 Å². The van der Waals surface area contributed by atoms with Crippen LogP contribution < -0.4 is 4.74 Å². The first-order chi connectivity index (χ1) is 11.5. The van der Waals surface area contributed by atoms with Crippen molar-refractivity contribution in [3.8, 4) is 5.75 Å². The zero-order chi connectivity index (χ0) is 17.5. The van der Waals surface area contributed by atoms with Crippen LogP contribution in [0.5, 0.6) is 5.75 Å². The van der Waals surface area contributed by atoms with E-state index in [4.69, 9.17) is 9.47 Å². The molecule has 1 fully saturated rings. The van der Waals surface area contributed by atoms with E-state index in [1.807, 2.05) is 13.8 Å². The molecule has 0 radical (unpaired) electrons. The standard InChI is InChI=1S/C19H27NO4/c1-14(2)24-13-11-15-8-6-7-12-20(15)19(22)18(21)16-9-4-5-10-17(16)23-3/h4-5,9-10,14-15H,6-8,11-13H2,1-3H3/t15-/m0/s1. The van der Waals surface area contributed by atoms with Gasteiger partial charge in [-0.1, -0.05) is 12.1 Å². The van der Waals surface area contributed by atoms with Crippen molar-refractivity contribution in [2.45, 2.75) is 51.7 Å². The lowest BCUT2D eigenvalue weighted by molar-refractivity contribution is -0.130. The van der Waals surface area contributed by atoms with Crippen LogP contribution in [0.4, 0.5) is 0 Å². The van der Waals surface area contributed by atoms with Crippen molar-refractivity contribution in [1.29, 1.82) is 0 Å². The van der Waals surface area contributed by atoms with Crippen molar-refractivity contribution in [1.82, 2.24) is 4.90 Å². The van der Waals surface area contributed by atoms with E-state index in [1.54, 1.807) is 29.2 Å². The van der Waals surface area contributed by atoms with Gasteiger partial charge in [0, 0.05) is 19.2 Å². The van der Waals surface area contributed by atoms with E-state index >= 15 is 0 Å². The number of nitrogens with zero attached hydrogens (tertiary/aromatic N) is 1. The normalized spacial score (nSPS) is 17.8. The molecule has 132 valence electrons. The minimum absolute atomic E-state index is 0.0728. The van der Waals surface area contributed by atoms with E-state index < -0.39 is 11.7 Å². The average Bonchev–Trinajstić information content (AvgIpc) is 2.60. The number of Topliss-reactive ketones (excluding diaryl/α,β-unsaturated/α-hetero) is 1. The third-order valence-electron chi connectivity index (χ3n) is 4.34. The summed E-state index contributed by atoms with van der Waals surface area (Å²) in [6.45, 7) is 5.23. The van der Waals surface area contributed by atoms with Crippen LogP contribution in [0, 0.1) is 0 Å². The third-order valence-corrected chi connectivity index (χ3v) is 4.34. The SMILES string of the molecule is COc1ccccc1C(=O)C(=O)N1CCCC[C@H]1CCOC(C)C. The van der Waals surface area contributed by atoms with Crippen LogP contribution in [0.25, 0.3) is 0 Å². The van der Waals surface area contributed by atoms with Crippen molar-refractivity contribution in [3.63, 3.8) is 0 Å². The number of ether oxygens (including phenoxy) is 2. The van der Waals surface area contributed by atoms with E-state index in [9.17, 15) is 9.59 Å². The lowest BCUT2D eigenvalue weighted by atomic mass is 9.98. The Bertz CT molecular complexity index is 570. The Labute approximate surface area is 143 Å². The lowest BCUT2D eigenvalue weighted by Crippen LogP contribution is -2.47. The Morgan fingerprint density at radius 1 is 1.25 bits per heavy atom. The molecule has 1 heterocycles. The van der Waals surface area contributed by atoms with Gasteiger partial charge in [-0.3, -0.25) is 9.59 Å². The van der Waals surface area contributed by atoms with E-state index in [0.717, 1.165) is 25.7 Å². The van der Waals surface area contributed by atoms with Gasteiger partial charge < -0.3 is 14.4 Å². The van der Waals surface area contributed by atoms with Gasteiger partial charge in [0.2, 0.25) is 0 Å². The van der Waals surface area contributed by atoms with Crippen LogP contribution in [-0.2, 0) is 9.53 Å². The maximum absolute atomic E-state index is 12.8. The van der Waals surface area contributed by atoms with Crippen molar-refractivity contribution in [2.24, 2.45) is 0 Å². The largest absolute Gasteiger partial charge is 0.496 e. The number of methoxy groups -OCH3 is 1. The Morgan fingerprint density at radius 3 is 2.71 bits per heavy atom. The highest BCUT2D eigenvalue weighted by atomic mass is 16.5. The fourth-order valence-electron chi connectivity index (χ4n) is 3.09. The molecule has 0 N–H and O–H groups in total. The minimum Gasteiger partial charge on any atom is -0.496 e. The molecule has 1 aromatic carbocycles. The van der Waals surface area contributed by atoms with Gasteiger partial charge in [0.15, 0.2) is 0 Å². The molecule has 0 aromatic heterocycles. The Kier molecular flexibility index (Phi) is 6.79. The van der Waals surface area contributed by atoms with Gasteiger partial charge in [-0.05, 0) is 51.7 Å². The molecule has 0 unspecified atom stereocenters. The number of rotatable bonds is 7. The zero-order valence-electron chi connectivity index (χ0n) is 14.8. The molecule has 0 bridgehead atoms. The van der Waals surface area contributed by atoms with Crippen molar-refractivity contribution < 1.29 is 19.1 Å². The molecule has 0 spiro atoms. The number of likely N-dealkylation sites (tertiary alicyclic amines) is 1. The van der Waals surface area contributed by atoms with Crippen LogP contribution in [0.15, 0.2) is 24.3 Å². The molecule has 0 aliphatic carbocycles. The van der Waals surface area contributed by atoms with Crippen LogP contribution in [0.2, 0.25) is 0 Å². The summed E-state index contributed by atoms with van der Waals surface area (Å²) < 4.78 is 10.8. The maximum Gasteiger partial charge on any atom is 0.295 e. The van der Waals surface area contributed by atoms with Crippen LogP contribution >= 0.6 is 0 Å². The molecule has 1 aliphatic heterocycles. The van der Waals surface area contributed by atoms with Crippen LogP contribution in [0.3, 0.4) is 0 Å². The number of ketones is 1. The van der Waals surface area contributed by atoms with Crippen molar-refractivity contribution in [2.75, 3.05) is 20.3 Å². The lowest BCUT2D eigenvalue weighted by Gasteiger charge is -2.35. The number of hydrogen-bond donors (Lipinski definition) is 0. The summed E-state index contributed by atoms with van der Waals surface area (Å²) in [5.41, 5.74) is 0.327. The van der Waals surface area contributed by atoms with E-state index in [-0.39, 0.29) is 12.1 Å². The van der Waals surface area contributed by atoms with Crippen LogP contribution in [0.1, 0.15) is 49.9 Å². The second-order valence-electron chi connectivity index (χ2n) is 6.39. The monoisotopic (exact) mass is 333 g/mol. The number of amides is 1. The highest BCUT2D eigenvalue weighted by molar-refractivity contribution is 6.43. The number of para-hydroxylation sites is 1.